The Bertz CT molecular complexity index is 318. The number of likely N-dealkylation sites (N-methyl/N-ethyl adjacent to an activating group) is 1. The Balaban J connectivity index is 1.97. The summed E-state index contributed by atoms with van der Waals surface area (Å²) in [6.45, 7) is 7.83. The molecule has 1 aromatic rings. The molecule has 2 rings (SSSR count). The summed E-state index contributed by atoms with van der Waals surface area (Å²) in [5.41, 5.74) is 1.18. The summed E-state index contributed by atoms with van der Waals surface area (Å²) in [7, 11) is 0. The number of hydrogen-bond acceptors (Lipinski definition) is 4. The van der Waals surface area contributed by atoms with Crippen molar-refractivity contribution in [2.75, 3.05) is 37.6 Å². The van der Waals surface area contributed by atoms with Crippen LogP contribution >= 0.6 is 12.6 Å². The lowest BCUT2D eigenvalue weighted by atomic mass is 10.2. The van der Waals surface area contributed by atoms with Crippen LogP contribution in [0.5, 0.6) is 0 Å². The first kappa shape index (κ1) is 11.7. The van der Waals surface area contributed by atoms with E-state index in [1.165, 1.54) is 5.56 Å². The standard InChI is InChI=1S/C12H19N3S/c1-2-14-5-7-15(8-6-14)12-4-3-11(10-16)9-13-12/h3-4,9,16H,2,5-8,10H2,1H3. The minimum absolute atomic E-state index is 0.761. The van der Waals surface area contributed by atoms with Gasteiger partial charge in [0.2, 0.25) is 0 Å². The Hall–Kier alpha value is -0.740. The van der Waals surface area contributed by atoms with E-state index in [-0.39, 0.29) is 0 Å². The summed E-state index contributed by atoms with van der Waals surface area (Å²) in [6, 6.07) is 4.22. The third-order valence-electron chi connectivity index (χ3n) is 3.14. The first-order valence-corrected chi connectivity index (χ1v) is 6.50. The van der Waals surface area contributed by atoms with E-state index in [2.05, 4.69) is 46.5 Å². The van der Waals surface area contributed by atoms with Gasteiger partial charge in [0.05, 0.1) is 0 Å². The molecule has 0 amide bonds. The van der Waals surface area contributed by atoms with Crippen molar-refractivity contribution >= 4 is 18.4 Å². The van der Waals surface area contributed by atoms with Gasteiger partial charge in [0, 0.05) is 38.1 Å². The summed E-state index contributed by atoms with van der Waals surface area (Å²) in [5.74, 6) is 1.86. The van der Waals surface area contributed by atoms with E-state index in [9.17, 15) is 0 Å². The van der Waals surface area contributed by atoms with Crippen molar-refractivity contribution in [1.29, 1.82) is 0 Å². The fourth-order valence-corrected chi connectivity index (χ4v) is 2.18. The average Bonchev–Trinajstić information content (AvgIpc) is 2.39. The Labute approximate surface area is 103 Å². The van der Waals surface area contributed by atoms with E-state index in [4.69, 9.17) is 0 Å². The fraction of sp³-hybridized carbons (Fsp3) is 0.583. The molecule has 0 spiro atoms. The molecule has 3 nitrogen and oxygen atoms in total. The Morgan fingerprint density at radius 2 is 2.00 bits per heavy atom. The maximum Gasteiger partial charge on any atom is 0.128 e. The van der Waals surface area contributed by atoms with E-state index >= 15 is 0 Å². The molecule has 0 radical (unpaired) electrons. The molecule has 1 aliphatic heterocycles. The molecule has 0 N–H and O–H groups in total. The summed E-state index contributed by atoms with van der Waals surface area (Å²) in [4.78, 5) is 9.31. The van der Waals surface area contributed by atoms with Crippen LogP contribution in [0.25, 0.3) is 0 Å². The average molecular weight is 237 g/mol. The Morgan fingerprint density at radius 1 is 1.25 bits per heavy atom. The van der Waals surface area contributed by atoms with Crippen LogP contribution in [0.4, 0.5) is 5.82 Å². The fourth-order valence-electron chi connectivity index (χ4n) is 1.99. The highest BCUT2D eigenvalue weighted by Gasteiger charge is 2.16. The van der Waals surface area contributed by atoms with Gasteiger partial charge in [-0.15, -0.1) is 0 Å². The normalized spacial score (nSPS) is 17.8. The van der Waals surface area contributed by atoms with Crippen LogP contribution in [0.15, 0.2) is 18.3 Å². The van der Waals surface area contributed by atoms with Gasteiger partial charge in [-0.1, -0.05) is 13.0 Å². The number of pyridine rings is 1. The van der Waals surface area contributed by atoms with Crippen molar-refractivity contribution in [3.8, 4) is 0 Å². The number of anilines is 1. The van der Waals surface area contributed by atoms with Gasteiger partial charge in [0.25, 0.3) is 0 Å². The highest BCUT2D eigenvalue weighted by atomic mass is 32.1. The first-order valence-electron chi connectivity index (χ1n) is 5.86. The smallest absolute Gasteiger partial charge is 0.128 e. The molecule has 0 aromatic carbocycles. The molecule has 1 saturated heterocycles. The van der Waals surface area contributed by atoms with Crippen LogP contribution in [0.2, 0.25) is 0 Å². The van der Waals surface area contributed by atoms with Crippen molar-refractivity contribution in [2.24, 2.45) is 0 Å². The number of piperazine rings is 1. The number of hydrogen-bond donors (Lipinski definition) is 1. The molecule has 0 atom stereocenters. The predicted octanol–water partition coefficient (Wildman–Crippen LogP) is 1.65. The summed E-state index contributed by atoms with van der Waals surface area (Å²) in [5, 5.41) is 0. The van der Waals surface area contributed by atoms with Crippen LogP contribution in [0.1, 0.15) is 12.5 Å². The number of rotatable bonds is 3. The molecule has 0 bridgehead atoms. The van der Waals surface area contributed by atoms with Gasteiger partial charge in [0.15, 0.2) is 0 Å². The molecule has 88 valence electrons. The summed E-state index contributed by atoms with van der Waals surface area (Å²) < 4.78 is 0. The van der Waals surface area contributed by atoms with Crippen molar-refractivity contribution in [1.82, 2.24) is 9.88 Å². The van der Waals surface area contributed by atoms with Crippen LogP contribution in [0.3, 0.4) is 0 Å². The third kappa shape index (κ3) is 2.68. The third-order valence-corrected chi connectivity index (χ3v) is 3.50. The molecular formula is C12H19N3S. The van der Waals surface area contributed by atoms with E-state index < -0.39 is 0 Å². The van der Waals surface area contributed by atoms with E-state index in [0.29, 0.717) is 0 Å². The number of aromatic nitrogens is 1. The van der Waals surface area contributed by atoms with Crippen molar-refractivity contribution in [2.45, 2.75) is 12.7 Å². The zero-order valence-electron chi connectivity index (χ0n) is 9.76. The van der Waals surface area contributed by atoms with Crippen LogP contribution in [-0.2, 0) is 5.75 Å². The molecule has 4 heteroatoms. The SMILES string of the molecule is CCN1CCN(c2ccc(CS)cn2)CC1. The first-order chi connectivity index (χ1) is 7.83. The molecule has 0 saturated carbocycles. The van der Waals surface area contributed by atoms with Crippen LogP contribution < -0.4 is 4.90 Å². The molecular weight excluding hydrogens is 218 g/mol. The number of thiol groups is 1. The summed E-state index contributed by atoms with van der Waals surface area (Å²) >= 11 is 4.24. The molecule has 0 aliphatic carbocycles. The lowest BCUT2D eigenvalue weighted by Gasteiger charge is -2.34. The number of nitrogens with zero attached hydrogens (tertiary/aromatic N) is 3. The molecule has 1 fully saturated rings. The predicted molar refractivity (Wildman–Crippen MR) is 71.3 cm³/mol. The van der Waals surface area contributed by atoms with Gasteiger partial charge in [-0.2, -0.15) is 12.6 Å². The molecule has 1 aromatic heterocycles. The maximum absolute atomic E-state index is 4.48. The second kappa shape index (κ2) is 5.55. The zero-order chi connectivity index (χ0) is 11.4. The Kier molecular flexibility index (Phi) is 4.07. The van der Waals surface area contributed by atoms with Gasteiger partial charge in [-0.25, -0.2) is 4.98 Å². The molecule has 2 heterocycles. The minimum Gasteiger partial charge on any atom is -0.354 e. The quantitative estimate of drug-likeness (QED) is 0.807. The van der Waals surface area contributed by atoms with Gasteiger partial charge in [0.1, 0.15) is 5.82 Å². The van der Waals surface area contributed by atoms with Crippen molar-refractivity contribution in [3.05, 3.63) is 23.9 Å². The van der Waals surface area contributed by atoms with Gasteiger partial charge in [-0.05, 0) is 18.2 Å². The van der Waals surface area contributed by atoms with E-state index in [0.717, 1.165) is 44.3 Å². The van der Waals surface area contributed by atoms with Gasteiger partial charge in [-0.3, -0.25) is 0 Å². The highest BCUT2D eigenvalue weighted by molar-refractivity contribution is 7.79. The second-order valence-electron chi connectivity index (χ2n) is 4.10. The van der Waals surface area contributed by atoms with Gasteiger partial charge < -0.3 is 9.80 Å². The van der Waals surface area contributed by atoms with E-state index in [1.54, 1.807) is 0 Å². The molecule has 0 unspecified atom stereocenters. The van der Waals surface area contributed by atoms with Crippen LogP contribution in [0, 0.1) is 0 Å². The topological polar surface area (TPSA) is 19.4 Å². The minimum atomic E-state index is 0.761. The van der Waals surface area contributed by atoms with E-state index in [1.807, 2.05) is 6.20 Å². The second-order valence-corrected chi connectivity index (χ2v) is 4.42. The highest BCUT2D eigenvalue weighted by Crippen LogP contribution is 2.14. The lowest BCUT2D eigenvalue weighted by molar-refractivity contribution is 0.270. The molecule has 16 heavy (non-hydrogen) atoms. The maximum atomic E-state index is 4.48. The van der Waals surface area contributed by atoms with Gasteiger partial charge >= 0.3 is 0 Å². The Morgan fingerprint density at radius 3 is 2.50 bits per heavy atom. The van der Waals surface area contributed by atoms with Crippen LogP contribution in [-0.4, -0.2) is 42.6 Å². The van der Waals surface area contributed by atoms with Crippen molar-refractivity contribution < 1.29 is 0 Å². The molecule has 1 aliphatic rings. The summed E-state index contributed by atoms with van der Waals surface area (Å²) in [6.07, 6.45) is 1.93. The van der Waals surface area contributed by atoms with Crippen molar-refractivity contribution in [3.63, 3.8) is 0 Å². The monoisotopic (exact) mass is 237 g/mol. The largest absolute Gasteiger partial charge is 0.354 e. The lowest BCUT2D eigenvalue weighted by Crippen LogP contribution is -2.46. The zero-order valence-corrected chi connectivity index (χ0v) is 10.7.